The van der Waals surface area contributed by atoms with Crippen LogP contribution in [-0.2, 0) is 19.1 Å². The number of nitro groups is 1. The predicted molar refractivity (Wildman–Crippen MR) is 253 cm³/mol. The molecular formula is C50H98N4O6. The van der Waals surface area contributed by atoms with E-state index in [0.717, 1.165) is 141 Å². The summed E-state index contributed by atoms with van der Waals surface area (Å²) in [4.78, 5) is 38.3. The third-order valence-electron chi connectivity index (χ3n) is 11.9. The van der Waals surface area contributed by atoms with Gasteiger partial charge in [0.05, 0.1) is 4.92 Å². The molecule has 1 unspecified atom stereocenters. The van der Waals surface area contributed by atoms with Gasteiger partial charge in [-0.05, 0) is 96.7 Å². The average Bonchev–Trinajstić information content (AvgIpc) is 3.23. The molecule has 0 saturated heterocycles. The Morgan fingerprint density at radius 1 is 0.533 bits per heavy atom. The first-order valence-corrected chi connectivity index (χ1v) is 25.7. The molecule has 0 spiro atoms. The molecule has 0 radical (unpaired) electrons. The summed E-state index contributed by atoms with van der Waals surface area (Å²) in [6, 6.07) is 0. The fourth-order valence-corrected chi connectivity index (χ4v) is 7.99. The molecule has 10 nitrogen and oxygen atoms in total. The van der Waals surface area contributed by atoms with Crippen molar-refractivity contribution in [1.29, 1.82) is 0 Å². The maximum Gasteiger partial charge on any atom is 0.306 e. The molecule has 10 heteroatoms. The fourth-order valence-electron chi connectivity index (χ4n) is 7.99. The van der Waals surface area contributed by atoms with Crippen LogP contribution in [-0.4, -0.2) is 67.2 Å². The number of carbonyl (C=O) groups excluding carboxylic acids is 2. The number of unbranched alkanes of at least 4 members (excludes halogenated alkanes) is 23. The lowest BCUT2D eigenvalue weighted by Gasteiger charge is -2.22. The molecule has 0 bridgehead atoms. The van der Waals surface area contributed by atoms with Gasteiger partial charge in [-0.25, -0.2) is 0 Å². The van der Waals surface area contributed by atoms with Crippen molar-refractivity contribution in [1.82, 2.24) is 15.5 Å². The Kier molecular flexibility index (Phi) is 42.9. The first kappa shape index (κ1) is 57.6. The van der Waals surface area contributed by atoms with Crippen molar-refractivity contribution in [2.45, 2.75) is 265 Å². The van der Waals surface area contributed by atoms with Crippen molar-refractivity contribution in [2.24, 2.45) is 0 Å². The summed E-state index contributed by atoms with van der Waals surface area (Å²) < 4.78 is 11.9. The summed E-state index contributed by atoms with van der Waals surface area (Å²) in [6.07, 6.45) is 40.5. The molecule has 0 fully saturated rings. The van der Waals surface area contributed by atoms with E-state index < -0.39 is 4.92 Å². The van der Waals surface area contributed by atoms with Gasteiger partial charge in [-0.3, -0.25) is 19.7 Å². The highest BCUT2D eigenvalue weighted by Gasteiger charge is 2.15. The monoisotopic (exact) mass is 851 g/mol. The summed E-state index contributed by atoms with van der Waals surface area (Å²) in [6.45, 7) is 12.5. The number of rotatable bonds is 47. The van der Waals surface area contributed by atoms with E-state index in [1.807, 2.05) is 0 Å². The van der Waals surface area contributed by atoms with E-state index in [2.05, 4.69) is 43.2 Å². The Morgan fingerprint density at radius 3 is 1.32 bits per heavy atom. The largest absolute Gasteiger partial charge is 0.462 e. The molecule has 1 atom stereocenters. The Hall–Kier alpha value is -2.36. The minimum Gasteiger partial charge on any atom is -0.462 e. The van der Waals surface area contributed by atoms with Gasteiger partial charge in [0.1, 0.15) is 12.2 Å². The first-order valence-electron chi connectivity index (χ1n) is 25.7. The van der Waals surface area contributed by atoms with Gasteiger partial charge < -0.3 is 25.0 Å². The number of ether oxygens (including phenoxy) is 2. The van der Waals surface area contributed by atoms with E-state index in [9.17, 15) is 19.7 Å². The molecule has 354 valence electrons. The maximum absolute atomic E-state index is 12.8. The zero-order valence-electron chi connectivity index (χ0n) is 40.2. The van der Waals surface area contributed by atoms with Gasteiger partial charge in [-0.2, -0.15) is 0 Å². The van der Waals surface area contributed by atoms with Crippen LogP contribution in [0.5, 0.6) is 0 Å². The number of nitrogens with zero attached hydrogens (tertiary/aromatic N) is 2. The van der Waals surface area contributed by atoms with Gasteiger partial charge in [-0.15, -0.1) is 0 Å². The molecule has 0 saturated carbocycles. The number of nitrogens with one attached hydrogen (secondary N) is 2. The normalized spacial score (nSPS) is 12.3. The molecule has 0 aliphatic rings. The third-order valence-corrected chi connectivity index (χ3v) is 11.9. The van der Waals surface area contributed by atoms with Gasteiger partial charge in [0.15, 0.2) is 5.82 Å². The number of carbonyl (C=O) groups is 2. The summed E-state index contributed by atoms with van der Waals surface area (Å²) in [5.74, 6) is 0.386. The zero-order chi connectivity index (χ0) is 44.2. The molecule has 0 aliphatic carbocycles. The van der Waals surface area contributed by atoms with Crippen molar-refractivity contribution in [3.05, 3.63) is 22.1 Å². The van der Waals surface area contributed by atoms with Crippen LogP contribution in [0.4, 0.5) is 0 Å². The SMILES string of the molecule is CCCCCCCCC(CC)OC(=O)CCCCCCCN(CCCCCCCC(=O)OC(CCCCCCCC)CCCCCCCC)CCCNC(=C[N+](=O)[O-])NC. The van der Waals surface area contributed by atoms with Crippen LogP contribution in [0.15, 0.2) is 12.0 Å². The predicted octanol–water partition coefficient (Wildman–Crippen LogP) is 13.7. The van der Waals surface area contributed by atoms with Crippen molar-refractivity contribution in [2.75, 3.05) is 33.2 Å². The van der Waals surface area contributed by atoms with Gasteiger partial charge in [0.2, 0.25) is 0 Å². The molecule has 0 aliphatic heterocycles. The van der Waals surface area contributed by atoms with E-state index in [0.29, 0.717) is 25.2 Å². The van der Waals surface area contributed by atoms with Gasteiger partial charge in [-0.1, -0.05) is 163 Å². The second-order valence-corrected chi connectivity index (χ2v) is 17.5. The number of hydrogen-bond donors (Lipinski definition) is 2. The molecule has 0 aromatic carbocycles. The van der Waals surface area contributed by atoms with E-state index in [1.54, 1.807) is 7.05 Å². The molecule has 60 heavy (non-hydrogen) atoms. The van der Waals surface area contributed by atoms with Gasteiger partial charge >= 0.3 is 11.9 Å². The molecular weight excluding hydrogens is 753 g/mol. The van der Waals surface area contributed by atoms with Crippen molar-refractivity contribution >= 4 is 11.9 Å². The van der Waals surface area contributed by atoms with Gasteiger partial charge in [0, 0.05) is 26.4 Å². The lowest BCUT2D eigenvalue weighted by Crippen LogP contribution is -2.31. The second-order valence-electron chi connectivity index (χ2n) is 17.5. The van der Waals surface area contributed by atoms with E-state index in [4.69, 9.17) is 9.47 Å². The second kappa shape index (κ2) is 44.7. The van der Waals surface area contributed by atoms with Crippen LogP contribution in [0.25, 0.3) is 0 Å². The summed E-state index contributed by atoms with van der Waals surface area (Å²) in [5.41, 5.74) is 0. The van der Waals surface area contributed by atoms with E-state index in [-0.39, 0.29) is 24.1 Å². The highest BCUT2D eigenvalue weighted by atomic mass is 16.6. The lowest BCUT2D eigenvalue weighted by molar-refractivity contribution is -0.404. The lowest BCUT2D eigenvalue weighted by atomic mass is 10.0. The highest BCUT2D eigenvalue weighted by molar-refractivity contribution is 5.69. The van der Waals surface area contributed by atoms with Gasteiger partial charge in [0.25, 0.3) is 6.20 Å². The maximum atomic E-state index is 12.8. The Labute approximate surface area is 370 Å². The van der Waals surface area contributed by atoms with Crippen LogP contribution in [0.1, 0.15) is 252 Å². The number of hydrogen-bond acceptors (Lipinski definition) is 9. The van der Waals surface area contributed by atoms with Crippen LogP contribution >= 0.6 is 0 Å². The molecule has 0 heterocycles. The number of esters is 2. The van der Waals surface area contributed by atoms with E-state index >= 15 is 0 Å². The van der Waals surface area contributed by atoms with Crippen LogP contribution in [0.2, 0.25) is 0 Å². The summed E-state index contributed by atoms with van der Waals surface area (Å²) >= 11 is 0. The van der Waals surface area contributed by atoms with Crippen LogP contribution in [0, 0.1) is 10.1 Å². The summed E-state index contributed by atoms with van der Waals surface area (Å²) in [7, 11) is 1.69. The highest BCUT2D eigenvalue weighted by Crippen LogP contribution is 2.19. The van der Waals surface area contributed by atoms with E-state index in [1.165, 1.54) is 96.3 Å². The van der Waals surface area contributed by atoms with Crippen LogP contribution < -0.4 is 10.6 Å². The minimum absolute atomic E-state index is 0.00453. The third kappa shape index (κ3) is 39.8. The Balaban J connectivity index is 4.58. The van der Waals surface area contributed by atoms with Crippen molar-refractivity contribution < 1.29 is 24.0 Å². The molecule has 0 aromatic heterocycles. The molecule has 2 N–H and O–H groups in total. The minimum atomic E-state index is -0.443. The first-order chi connectivity index (χ1) is 29.3. The topological polar surface area (TPSA) is 123 Å². The summed E-state index contributed by atoms with van der Waals surface area (Å²) in [5, 5.41) is 16.9. The molecule has 0 aromatic rings. The van der Waals surface area contributed by atoms with Crippen molar-refractivity contribution in [3.8, 4) is 0 Å². The molecule has 0 rings (SSSR count). The Morgan fingerprint density at radius 2 is 0.900 bits per heavy atom. The standard InChI is InChI=1S/C50H98N4O6/c1-6-10-13-16-21-28-36-46(9-4)59-49(55)39-31-24-19-26-33-42-53(44-35-41-52-48(51-5)45-54(57)58)43-34-27-20-25-32-40-50(56)60-47(37-29-22-17-14-11-7-2)38-30-23-18-15-12-8-3/h45-47,51-52H,6-44H2,1-5H3. The fraction of sp³-hybridized carbons (Fsp3) is 0.920. The van der Waals surface area contributed by atoms with Crippen LogP contribution in [0.3, 0.4) is 0 Å². The average molecular weight is 851 g/mol. The van der Waals surface area contributed by atoms with Crippen molar-refractivity contribution in [3.63, 3.8) is 0 Å². The smallest absolute Gasteiger partial charge is 0.306 e. The zero-order valence-corrected chi connectivity index (χ0v) is 40.2. The quantitative estimate of drug-likeness (QED) is 0.0267. The molecule has 0 amide bonds. The Bertz CT molecular complexity index is 995.